The van der Waals surface area contributed by atoms with Gasteiger partial charge in [-0.1, -0.05) is 6.92 Å². The van der Waals surface area contributed by atoms with Gasteiger partial charge < -0.3 is 15.1 Å². The number of amides is 2. The second kappa shape index (κ2) is 6.63. The van der Waals surface area contributed by atoms with Crippen LogP contribution < -0.4 is 10.6 Å². The van der Waals surface area contributed by atoms with Gasteiger partial charge in [0.25, 0.3) is 0 Å². The number of furan rings is 1. The van der Waals surface area contributed by atoms with E-state index in [2.05, 4.69) is 15.7 Å². The van der Waals surface area contributed by atoms with Crippen LogP contribution in [0.15, 0.2) is 41.3 Å². The molecule has 1 unspecified atom stereocenters. The van der Waals surface area contributed by atoms with Gasteiger partial charge in [0.1, 0.15) is 11.8 Å². The largest absolute Gasteiger partial charge is 0.467 e. The Morgan fingerprint density at radius 2 is 2.37 bits per heavy atom. The summed E-state index contributed by atoms with van der Waals surface area (Å²) in [6.07, 6.45) is 6.07. The topological polar surface area (TPSA) is 72.1 Å². The summed E-state index contributed by atoms with van der Waals surface area (Å²) in [5.74, 6) is 0.763. The highest BCUT2D eigenvalue weighted by atomic mass is 16.3. The van der Waals surface area contributed by atoms with Crippen LogP contribution in [0.4, 0.5) is 4.79 Å². The normalized spacial score (nSPS) is 12.1. The monoisotopic (exact) mass is 262 g/mol. The summed E-state index contributed by atoms with van der Waals surface area (Å²) < 4.78 is 7.16. The Kier molecular flexibility index (Phi) is 4.60. The molecule has 0 saturated heterocycles. The first-order chi connectivity index (χ1) is 9.31. The SMILES string of the molecule is CCCNC(=O)NCC(c1ccco1)n1cccn1. The maximum atomic E-state index is 11.6. The first-order valence-electron chi connectivity index (χ1n) is 6.35. The molecule has 6 nitrogen and oxygen atoms in total. The van der Waals surface area contributed by atoms with Crippen molar-refractivity contribution in [2.24, 2.45) is 0 Å². The maximum Gasteiger partial charge on any atom is 0.314 e. The second-order valence-electron chi connectivity index (χ2n) is 4.15. The molecular weight excluding hydrogens is 244 g/mol. The van der Waals surface area contributed by atoms with Crippen molar-refractivity contribution < 1.29 is 9.21 Å². The van der Waals surface area contributed by atoms with Gasteiger partial charge in [-0.2, -0.15) is 5.10 Å². The Balaban J connectivity index is 1.98. The second-order valence-corrected chi connectivity index (χ2v) is 4.15. The van der Waals surface area contributed by atoms with Gasteiger partial charge in [0.05, 0.1) is 6.26 Å². The summed E-state index contributed by atoms with van der Waals surface area (Å²) in [5, 5.41) is 9.79. The van der Waals surface area contributed by atoms with Crippen LogP contribution in [-0.2, 0) is 0 Å². The molecule has 0 spiro atoms. The molecule has 0 aliphatic carbocycles. The maximum absolute atomic E-state index is 11.6. The van der Waals surface area contributed by atoms with Crippen LogP contribution in [0.2, 0.25) is 0 Å². The predicted molar refractivity (Wildman–Crippen MR) is 70.8 cm³/mol. The van der Waals surface area contributed by atoms with Gasteiger partial charge in [-0.15, -0.1) is 0 Å². The molecule has 2 aromatic rings. The third kappa shape index (κ3) is 3.61. The molecule has 0 aliphatic rings. The molecule has 0 aliphatic heterocycles. The highest BCUT2D eigenvalue weighted by Gasteiger charge is 2.17. The van der Waals surface area contributed by atoms with E-state index in [1.165, 1.54) is 0 Å². The molecule has 2 N–H and O–H groups in total. The van der Waals surface area contributed by atoms with Gasteiger partial charge in [-0.3, -0.25) is 4.68 Å². The van der Waals surface area contributed by atoms with E-state index < -0.39 is 0 Å². The summed E-state index contributed by atoms with van der Waals surface area (Å²) >= 11 is 0. The third-order valence-corrected chi connectivity index (χ3v) is 2.71. The highest BCUT2D eigenvalue weighted by Crippen LogP contribution is 2.16. The van der Waals surface area contributed by atoms with Crippen LogP contribution in [0.3, 0.4) is 0 Å². The van der Waals surface area contributed by atoms with Crippen LogP contribution >= 0.6 is 0 Å². The van der Waals surface area contributed by atoms with Crippen LogP contribution in [0.25, 0.3) is 0 Å². The summed E-state index contributed by atoms with van der Waals surface area (Å²) in [7, 11) is 0. The number of hydrogen-bond acceptors (Lipinski definition) is 3. The molecule has 0 aromatic carbocycles. The van der Waals surface area contributed by atoms with Gasteiger partial charge in [-0.05, 0) is 24.6 Å². The van der Waals surface area contributed by atoms with Crippen molar-refractivity contribution >= 4 is 6.03 Å². The van der Waals surface area contributed by atoms with Gasteiger partial charge in [-0.25, -0.2) is 4.79 Å². The minimum Gasteiger partial charge on any atom is -0.467 e. The van der Waals surface area contributed by atoms with Gasteiger partial charge in [0.2, 0.25) is 0 Å². The van der Waals surface area contributed by atoms with E-state index in [0.29, 0.717) is 13.1 Å². The van der Waals surface area contributed by atoms with Crippen molar-refractivity contribution in [2.45, 2.75) is 19.4 Å². The summed E-state index contributed by atoms with van der Waals surface area (Å²) in [5.41, 5.74) is 0. The van der Waals surface area contributed by atoms with Gasteiger partial charge in [0, 0.05) is 25.5 Å². The summed E-state index contributed by atoms with van der Waals surface area (Å²) in [4.78, 5) is 11.6. The van der Waals surface area contributed by atoms with Crippen LogP contribution in [0, 0.1) is 0 Å². The van der Waals surface area contributed by atoms with Crippen molar-refractivity contribution in [3.05, 3.63) is 42.6 Å². The first-order valence-corrected chi connectivity index (χ1v) is 6.35. The third-order valence-electron chi connectivity index (χ3n) is 2.71. The molecule has 2 aromatic heterocycles. The zero-order valence-electron chi connectivity index (χ0n) is 10.9. The number of hydrogen-bond donors (Lipinski definition) is 2. The minimum atomic E-state index is -0.175. The molecule has 2 heterocycles. The average molecular weight is 262 g/mol. The lowest BCUT2D eigenvalue weighted by molar-refractivity contribution is 0.238. The fourth-order valence-corrected chi connectivity index (χ4v) is 1.76. The standard InChI is InChI=1S/C13H18N4O2/c1-2-6-14-13(18)15-10-11(12-5-3-9-19-12)17-8-4-7-16-17/h3-5,7-9,11H,2,6,10H2,1H3,(H2,14,15,18). The smallest absolute Gasteiger partial charge is 0.314 e. The fourth-order valence-electron chi connectivity index (χ4n) is 1.76. The van der Waals surface area contributed by atoms with E-state index in [9.17, 15) is 4.79 Å². The lowest BCUT2D eigenvalue weighted by Gasteiger charge is -2.16. The number of urea groups is 1. The number of carbonyl (C=O) groups is 1. The zero-order valence-corrected chi connectivity index (χ0v) is 10.9. The number of carbonyl (C=O) groups excluding carboxylic acids is 1. The van der Waals surface area contributed by atoms with Crippen LogP contribution in [-0.4, -0.2) is 28.9 Å². The highest BCUT2D eigenvalue weighted by molar-refractivity contribution is 5.73. The lowest BCUT2D eigenvalue weighted by atomic mass is 10.2. The van der Waals surface area contributed by atoms with Crippen molar-refractivity contribution in [3.8, 4) is 0 Å². The van der Waals surface area contributed by atoms with E-state index in [-0.39, 0.29) is 12.1 Å². The van der Waals surface area contributed by atoms with Crippen molar-refractivity contribution in [3.63, 3.8) is 0 Å². The Bertz CT molecular complexity index is 444. The fraction of sp³-hybridized carbons (Fsp3) is 0.385. The molecular formula is C13H18N4O2. The van der Waals surface area contributed by atoms with Crippen LogP contribution in [0.1, 0.15) is 25.1 Å². The van der Waals surface area contributed by atoms with E-state index in [0.717, 1.165) is 12.2 Å². The Hall–Kier alpha value is -2.24. The van der Waals surface area contributed by atoms with Crippen molar-refractivity contribution in [1.29, 1.82) is 0 Å². The van der Waals surface area contributed by atoms with Crippen molar-refractivity contribution in [2.75, 3.05) is 13.1 Å². The number of rotatable bonds is 6. The summed E-state index contributed by atoms with van der Waals surface area (Å²) in [6.45, 7) is 3.10. The Morgan fingerprint density at radius 1 is 1.47 bits per heavy atom. The van der Waals surface area contributed by atoms with E-state index >= 15 is 0 Å². The quantitative estimate of drug-likeness (QED) is 0.833. The Labute approximate surface area is 111 Å². The number of aromatic nitrogens is 2. The molecule has 0 radical (unpaired) electrons. The number of nitrogens with zero attached hydrogens (tertiary/aromatic N) is 2. The molecule has 2 rings (SSSR count). The van der Waals surface area contributed by atoms with Crippen molar-refractivity contribution in [1.82, 2.24) is 20.4 Å². The number of nitrogens with one attached hydrogen (secondary N) is 2. The van der Waals surface area contributed by atoms with E-state index in [1.807, 2.05) is 31.3 Å². The summed E-state index contributed by atoms with van der Waals surface area (Å²) in [6, 6.07) is 5.22. The van der Waals surface area contributed by atoms with Gasteiger partial charge >= 0.3 is 6.03 Å². The molecule has 6 heteroatoms. The van der Waals surface area contributed by atoms with E-state index in [4.69, 9.17) is 4.42 Å². The molecule has 2 amide bonds. The molecule has 0 fully saturated rings. The minimum absolute atomic E-state index is 0.141. The zero-order chi connectivity index (χ0) is 13.5. The molecule has 0 saturated carbocycles. The Morgan fingerprint density at radius 3 is 3.00 bits per heavy atom. The molecule has 0 bridgehead atoms. The average Bonchev–Trinajstić information content (AvgIpc) is 3.09. The molecule has 1 atom stereocenters. The van der Waals surface area contributed by atoms with E-state index in [1.54, 1.807) is 17.1 Å². The van der Waals surface area contributed by atoms with Gasteiger partial charge in [0.15, 0.2) is 0 Å². The lowest BCUT2D eigenvalue weighted by Crippen LogP contribution is -2.39. The molecule has 19 heavy (non-hydrogen) atoms. The first kappa shape index (κ1) is 13.2. The van der Waals surface area contributed by atoms with Crippen LogP contribution in [0.5, 0.6) is 0 Å². The molecule has 102 valence electrons. The predicted octanol–water partition coefficient (Wildman–Crippen LogP) is 1.77.